The Morgan fingerprint density at radius 3 is 1.71 bits per heavy atom. The zero-order chi connectivity index (χ0) is 23.1. The van der Waals surface area contributed by atoms with Gasteiger partial charge in [-0.05, 0) is 39.8 Å². The number of rotatable bonds is 9. The van der Waals surface area contributed by atoms with E-state index in [4.69, 9.17) is 9.47 Å². The molecule has 0 saturated carbocycles. The quantitative estimate of drug-likeness (QED) is 0.342. The number of ketones is 2. The highest BCUT2D eigenvalue weighted by Crippen LogP contribution is 2.14. The van der Waals surface area contributed by atoms with Crippen LogP contribution >= 0.6 is 0 Å². The van der Waals surface area contributed by atoms with Crippen LogP contribution in [0.15, 0.2) is 60.7 Å². The summed E-state index contributed by atoms with van der Waals surface area (Å²) < 4.78 is 10.3. The van der Waals surface area contributed by atoms with Crippen molar-refractivity contribution in [2.24, 2.45) is 0 Å². The molecule has 2 aromatic carbocycles. The average molecular weight is 422 g/mol. The summed E-state index contributed by atoms with van der Waals surface area (Å²) >= 11 is 0. The van der Waals surface area contributed by atoms with Crippen molar-refractivity contribution in [3.8, 4) is 0 Å². The van der Waals surface area contributed by atoms with Crippen LogP contribution in [0.25, 0.3) is 0 Å². The molecule has 162 valence electrons. The highest BCUT2D eigenvalue weighted by atomic mass is 16.6. The molecule has 2 aromatic rings. The zero-order valence-electron chi connectivity index (χ0n) is 18.1. The Kier molecular flexibility index (Phi) is 8.02. The molecule has 0 fully saturated rings. The summed E-state index contributed by atoms with van der Waals surface area (Å²) in [6.45, 7) is 10.2. The van der Waals surface area contributed by atoms with E-state index in [0.29, 0.717) is 11.1 Å². The number of Topliss-reactive ketones (excluding diaryl/α,β-unsaturated/α-hetero) is 2. The predicted molar refractivity (Wildman–Crippen MR) is 116 cm³/mol. The Labute approximate surface area is 181 Å². The van der Waals surface area contributed by atoms with Gasteiger partial charge in [-0.25, -0.2) is 4.79 Å². The molecule has 0 aliphatic carbocycles. The molecular weight excluding hydrogens is 396 g/mol. The normalized spacial score (nSPS) is 12.4. The van der Waals surface area contributed by atoms with Crippen molar-refractivity contribution in [2.75, 3.05) is 0 Å². The summed E-state index contributed by atoms with van der Waals surface area (Å²) in [7, 11) is 0. The van der Waals surface area contributed by atoms with Crippen LogP contribution in [0.2, 0.25) is 0 Å². The Bertz CT molecular complexity index is 1020. The Morgan fingerprint density at radius 1 is 0.806 bits per heavy atom. The molecule has 2 atom stereocenters. The zero-order valence-corrected chi connectivity index (χ0v) is 18.1. The van der Waals surface area contributed by atoms with E-state index in [-0.39, 0.29) is 17.1 Å². The second-order valence-corrected chi connectivity index (χ2v) is 7.43. The molecule has 2 unspecified atom stereocenters. The Balaban J connectivity index is 1.88. The van der Waals surface area contributed by atoms with E-state index in [2.05, 4.69) is 6.58 Å². The molecular formula is C25H26O6. The van der Waals surface area contributed by atoms with E-state index in [1.165, 1.54) is 13.8 Å². The van der Waals surface area contributed by atoms with Gasteiger partial charge < -0.3 is 9.47 Å². The van der Waals surface area contributed by atoms with Gasteiger partial charge in [0.25, 0.3) is 0 Å². The molecule has 0 spiro atoms. The SMILES string of the molecule is C=C(CC(=O)OC(C)C(=O)c1cccc(C)c1)C(=O)OC(C)C(=O)c1cccc(C)c1. The van der Waals surface area contributed by atoms with Crippen LogP contribution in [0.5, 0.6) is 0 Å². The number of esters is 2. The van der Waals surface area contributed by atoms with Crippen molar-refractivity contribution in [2.45, 2.75) is 46.3 Å². The highest BCUT2D eigenvalue weighted by molar-refractivity contribution is 6.02. The van der Waals surface area contributed by atoms with Crippen LogP contribution in [-0.2, 0) is 19.1 Å². The summed E-state index contributed by atoms with van der Waals surface area (Å²) in [5.41, 5.74) is 2.51. The number of ether oxygens (including phenoxy) is 2. The van der Waals surface area contributed by atoms with Crippen LogP contribution in [-0.4, -0.2) is 35.7 Å². The minimum Gasteiger partial charge on any atom is -0.454 e. The number of hydrogen-bond acceptors (Lipinski definition) is 6. The maximum atomic E-state index is 12.4. The molecule has 0 saturated heterocycles. The van der Waals surface area contributed by atoms with Crippen LogP contribution in [0.3, 0.4) is 0 Å². The predicted octanol–water partition coefficient (Wildman–Crippen LogP) is 4.18. The smallest absolute Gasteiger partial charge is 0.334 e. The minimum absolute atomic E-state index is 0.163. The van der Waals surface area contributed by atoms with Crippen molar-refractivity contribution in [1.29, 1.82) is 0 Å². The summed E-state index contributed by atoms with van der Waals surface area (Å²) in [5, 5.41) is 0. The minimum atomic E-state index is -1.04. The first-order valence-electron chi connectivity index (χ1n) is 9.88. The van der Waals surface area contributed by atoms with Gasteiger partial charge in [-0.2, -0.15) is 0 Å². The third-order valence-corrected chi connectivity index (χ3v) is 4.58. The Hall–Kier alpha value is -3.54. The maximum absolute atomic E-state index is 12.4. The van der Waals surface area contributed by atoms with E-state index in [0.717, 1.165) is 11.1 Å². The maximum Gasteiger partial charge on any atom is 0.334 e. The standard InChI is InChI=1S/C25H26O6/c1-15-8-6-10-20(12-15)23(27)18(4)30-22(26)14-17(3)25(29)31-19(5)24(28)21-11-7-9-16(2)13-21/h6-13,18-19H,3,14H2,1-2,4-5H3. The lowest BCUT2D eigenvalue weighted by Crippen LogP contribution is -2.27. The first-order valence-corrected chi connectivity index (χ1v) is 9.88. The van der Waals surface area contributed by atoms with Gasteiger partial charge in [0.2, 0.25) is 11.6 Å². The topological polar surface area (TPSA) is 86.7 Å². The molecule has 6 heteroatoms. The van der Waals surface area contributed by atoms with Crippen molar-refractivity contribution in [3.05, 3.63) is 82.9 Å². The molecule has 6 nitrogen and oxygen atoms in total. The van der Waals surface area contributed by atoms with Crippen molar-refractivity contribution in [1.82, 2.24) is 0 Å². The molecule has 0 radical (unpaired) electrons. The van der Waals surface area contributed by atoms with Gasteiger partial charge >= 0.3 is 11.9 Å². The van der Waals surface area contributed by atoms with E-state index in [1.807, 2.05) is 26.0 Å². The first-order chi connectivity index (χ1) is 14.6. The second kappa shape index (κ2) is 10.5. The molecule has 0 aliphatic rings. The fraction of sp³-hybridized carbons (Fsp3) is 0.280. The van der Waals surface area contributed by atoms with Gasteiger partial charge in [0.15, 0.2) is 12.2 Å². The monoisotopic (exact) mass is 422 g/mol. The molecule has 0 bridgehead atoms. The average Bonchev–Trinajstić information content (AvgIpc) is 2.72. The third kappa shape index (κ3) is 6.74. The van der Waals surface area contributed by atoms with Crippen molar-refractivity contribution in [3.63, 3.8) is 0 Å². The number of benzene rings is 2. The van der Waals surface area contributed by atoms with E-state index < -0.39 is 30.6 Å². The summed E-state index contributed by atoms with van der Waals surface area (Å²) in [6.07, 6.45) is -2.50. The third-order valence-electron chi connectivity index (χ3n) is 4.58. The van der Waals surface area contributed by atoms with E-state index in [9.17, 15) is 19.2 Å². The van der Waals surface area contributed by atoms with Gasteiger partial charge in [-0.3, -0.25) is 14.4 Å². The largest absolute Gasteiger partial charge is 0.454 e. The lowest BCUT2D eigenvalue weighted by Gasteiger charge is -2.15. The summed E-state index contributed by atoms with van der Waals surface area (Å²) in [5.74, 6) is -2.36. The fourth-order valence-electron chi connectivity index (χ4n) is 2.90. The lowest BCUT2D eigenvalue weighted by molar-refractivity contribution is -0.148. The number of aryl methyl sites for hydroxylation is 2. The number of carbonyl (C=O) groups is 4. The summed E-state index contributed by atoms with van der Waals surface area (Å²) in [6, 6.07) is 13.9. The first kappa shape index (κ1) is 23.7. The van der Waals surface area contributed by atoms with Crippen LogP contribution < -0.4 is 0 Å². The Morgan fingerprint density at radius 2 is 1.26 bits per heavy atom. The lowest BCUT2D eigenvalue weighted by atomic mass is 10.0. The van der Waals surface area contributed by atoms with Crippen LogP contribution in [0.1, 0.15) is 52.1 Å². The highest BCUT2D eigenvalue weighted by Gasteiger charge is 2.24. The molecule has 0 amide bonds. The van der Waals surface area contributed by atoms with Gasteiger partial charge in [-0.1, -0.05) is 54.1 Å². The van der Waals surface area contributed by atoms with Crippen LogP contribution in [0.4, 0.5) is 0 Å². The molecule has 2 rings (SSSR count). The van der Waals surface area contributed by atoms with Gasteiger partial charge in [-0.15, -0.1) is 0 Å². The van der Waals surface area contributed by atoms with E-state index >= 15 is 0 Å². The van der Waals surface area contributed by atoms with Crippen molar-refractivity contribution >= 4 is 23.5 Å². The fourth-order valence-corrected chi connectivity index (χ4v) is 2.90. The second-order valence-electron chi connectivity index (χ2n) is 7.43. The van der Waals surface area contributed by atoms with Gasteiger partial charge in [0, 0.05) is 16.7 Å². The van der Waals surface area contributed by atoms with Gasteiger partial charge in [0.1, 0.15) is 0 Å². The number of hydrogen-bond donors (Lipinski definition) is 0. The summed E-state index contributed by atoms with van der Waals surface area (Å²) in [4.78, 5) is 49.2. The molecule has 0 heterocycles. The van der Waals surface area contributed by atoms with Gasteiger partial charge in [0.05, 0.1) is 6.42 Å². The molecule has 31 heavy (non-hydrogen) atoms. The van der Waals surface area contributed by atoms with Crippen molar-refractivity contribution < 1.29 is 28.7 Å². The molecule has 0 aromatic heterocycles. The number of carbonyl (C=O) groups excluding carboxylic acids is 4. The van der Waals surface area contributed by atoms with Crippen LogP contribution in [0, 0.1) is 13.8 Å². The molecule has 0 N–H and O–H groups in total. The van der Waals surface area contributed by atoms with E-state index in [1.54, 1.807) is 36.4 Å². The molecule has 0 aliphatic heterocycles.